The number of aromatic nitrogens is 2. The Bertz CT molecular complexity index is 809. The molecule has 0 atom stereocenters. The fourth-order valence-corrected chi connectivity index (χ4v) is 3.00. The topological polar surface area (TPSA) is 91.5 Å². The molecular weight excluding hydrogens is 346 g/mol. The molecule has 0 amide bonds. The summed E-state index contributed by atoms with van der Waals surface area (Å²) in [7, 11) is 0. The Balaban J connectivity index is 1.80. The first-order chi connectivity index (χ1) is 12.5. The van der Waals surface area contributed by atoms with Crippen molar-refractivity contribution in [2.75, 3.05) is 29.0 Å². The van der Waals surface area contributed by atoms with Crippen LogP contribution in [0.25, 0.3) is 0 Å². The minimum absolute atomic E-state index is 0.558. The molecule has 26 heavy (non-hydrogen) atoms. The lowest BCUT2D eigenvalue weighted by Crippen LogP contribution is -2.37. The second kappa shape index (κ2) is 8.09. The molecular formula is C18H23N7S. The van der Waals surface area contributed by atoms with Crippen molar-refractivity contribution in [2.24, 2.45) is 5.10 Å². The van der Waals surface area contributed by atoms with E-state index < -0.39 is 0 Å². The Labute approximate surface area is 157 Å². The smallest absolute Gasteiger partial charge is 0.196 e. The van der Waals surface area contributed by atoms with E-state index in [1.165, 1.54) is 18.2 Å². The first-order valence-corrected chi connectivity index (χ1v) is 9.21. The number of hydrazone groups is 1. The highest BCUT2D eigenvalue weighted by Crippen LogP contribution is 2.30. The van der Waals surface area contributed by atoms with Crippen molar-refractivity contribution in [1.82, 2.24) is 15.4 Å². The zero-order valence-corrected chi connectivity index (χ0v) is 15.8. The fourth-order valence-electron chi connectivity index (χ4n) is 2.23. The van der Waals surface area contributed by atoms with Crippen LogP contribution >= 0.6 is 11.8 Å². The zero-order chi connectivity index (χ0) is 18.5. The third-order valence-electron chi connectivity index (χ3n) is 3.65. The van der Waals surface area contributed by atoms with Gasteiger partial charge >= 0.3 is 0 Å². The van der Waals surface area contributed by atoms with Crippen LogP contribution in [0.5, 0.6) is 0 Å². The summed E-state index contributed by atoms with van der Waals surface area (Å²) in [5, 5.41) is 7.96. The normalized spacial score (nSPS) is 12.9. The van der Waals surface area contributed by atoms with Gasteiger partial charge in [-0.25, -0.2) is 9.97 Å². The Morgan fingerprint density at radius 2 is 1.96 bits per heavy atom. The molecule has 0 bridgehead atoms. The quantitative estimate of drug-likeness (QED) is 0.298. The molecule has 0 aliphatic carbocycles. The third kappa shape index (κ3) is 4.89. The molecule has 2 heterocycles. The fraction of sp³-hybridized carbons (Fsp3) is 0.278. The largest absolute Gasteiger partial charge is 0.399 e. The average molecular weight is 369 g/mol. The first kappa shape index (κ1) is 18.1. The van der Waals surface area contributed by atoms with Gasteiger partial charge in [0, 0.05) is 35.5 Å². The number of nitrogens with one attached hydrogen (secondary N) is 2. The predicted octanol–water partition coefficient (Wildman–Crippen LogP) is 3.29. The van der Waals surface area contributed by atoms with E-state index >= 15 is 0 Å². The molecule has 7 nitrogen and oxygen atoms in total. The van der Waals surface area contributed by atoms with Gasteiger partial charge in [-0.2, -0.15) is 5.10 Å². The van der Waals surface area contributed by atoms with E-state index in [1.807, 2.05) is 44.2 Å². The van der Waals surface area contributed by atoms with Crippen molar-refractivity contribution in [3.63, 3.8) is 0 Å². The lowest BCUT2D eigenvalue weighted by Gasteiger charge is -2.32. The molecule has 2 aromatic rings. The van der Waals surface area contributed by atoms with Crippen LogP contribution in [0.4, 0.5) is 17.3 Å². The molecule has 136 valence electrons. The molecule has 4 N–H and O–H groups in total. The minimum Gasteiger partial charge on any atom is -0.399 e. The van der Waals surface area contributed by atoms with Crippen molar-refractivity contribution < 1.29 is 0 Å². The standard InChI is InChI=1S/C18H23N7S/c1-12(2)23-24-13(3)20-16-11-17(25-9-4-10-25)22-18(21-16)26-15-7-5-14(19)6-8-15/h5-8,11,24H,3-4,9-10,19H2,1-2H3,(H,20,21,22). The summed E-state index contributed by atoms with van der Waals surface area (Å²) in [5.74, 6) is 2.15. The molecule has 0 saturated carbocycles. The summed E-state index contributed by atoms with van der Waals surface area (Å²) in [6.45, 7) is 9.78. The van der Waals surface area contributed by atoms with Crippen molar-refractivity contribution in [2.45, 2.75) is 30.3 Å². The highest BCUT2D eigenvalue weighted by molar-refractivity contribution is 7.99. The number of benzene rings is 1. The molecule has 0 radical (unpaired) electrons. The molecule has 3 rings (SSSR count). The number of rotatable bonds is 7. The van der Waals surface area contributed by atoms with Crippen molar-refractivity contribution in [1.29, 1.82) is 0 Å². The number of anilines is 3. The number of nitrogen functional groups attached to an aromatic ring is 1. The number of hydrogen-bond acceptors (Lipinski definition) is 8. The Hall–Kier alpha value is -2.74. The molecule has 1 aromatic heterocycles. The molecule has 1 saturated heterocycles. The zero-order valence-electron chi connectivity index (χ0n) is 15.0. The van der Waals surface area contributed by atoms with E-state index in [2.05, 4.69) is 37.3 Å². The molecule has 1 aliphatic heterocycles. The SMILES string of the molecule is C=C(NN=C(C)C)Nc1cc(N2CCC2)nc(Sc2ccc(N)cc2)n1. The van der Waals surface area contributed by atoms with Gasteiger partial charge < -0.3 is 16.0 Å². The van der Waals surface area contributed by atoms with E-state index in [-0.39, 0.29) is 0 Å². The van der Waals surface area contributed by atoms with E-state index in [0.29, 0.717) is 16.8 Å². The molecule has 8 heteroatoms. The maximum absolute atomic E-state index is 5.75. The minimum atomic E-state index is 0.558. The van der Waals surface area contributed by atoms with Crippen LogP contribution in [0.2, 0.25) is 0 Å². The van der Waals surface area contributed by atoms with Gasteiger partial charge in [-0.3, -0.25) is 5.43 Å². The summed E-state index contributed by atoms with van der Waals surface area (Å²) in [5.41, 5.74) is 10.3. The van der Waals surface area contributed by atoms with Gasteiger partial charge in [-0.1, -0.05) is 6.58 Å². The van der Waals surface area contributed by atoms with Gasteiger partial charge in [-0.15, -0.1) is 0 Å². The average Bonchev–Trinajstić information content (AvgIpc) is 2.53. The molecule has 1 fully saturated rings. The van der Waals surface area contributed by atoms with Gasteiger partial charge in [-0.05, 0) is 56.3 Å². The van der Waals surface area contributed by atoms with Crippen molar-refractivity contribution in [3.05, 3.63) is 42.7 Å². The van der Waals surface area contributed by atoms with Crippen LogP contribution in [0.1, 0.15) is 20.3 Å². The van der Waals surface area contributed by atoms with Crippen LogP contribution < -0.4 is 21.4 Å². The van der Waals surface area contributed by atoms with Gasteiger partial charge in [0.2, 0.25) is 0 Å². The molecule has 0 spiro atoms. The van der Waals surface area contributed by atoms with E-state index in [4.69, 9.17) is 5.73 Å². The monoisotopic (exact) mass is 369 g/mol. The number of nitrogens with two attached hydrogens (primary N) is 1. The van der Waals surface area contributed by atoms with E-state index in [0.717, 1.165) is 35.2 Å². The lowest BCUT2D eigenvalue weighted by atomic mass is 10.2. The summed E-state index contributed by atoms with van der Waals surface area (Å²) >= 11 is 1.50. The van der Waals surface area contributed by atoms with Crippen LogP contribution in [-0.4, -0.2) is 28.8 Å². The maximum atomic E-state index is 5.75. The molecule has 1 aromatic carbocycles. The second-order valence-corrected chi connectivity index (χ2v) is 7.22. The van der Waals surface area contributed by atoms with Crippen LogP contribution in [0.15, 0.2) is 57.9 Å². The van der Waals surface area contributed by atoms with Crippen LogP contribution in [0.3, 0.4) is 0 Å². The Kier molecular flexibility index (Phi) is 5.62. The lowest BCUT2D eigenvalue weighted by molar-refractivity contribution is 0.605. The van der Waals surface area contributed by atoms with Gasteiger partial charge in [0.25, 0.3) is 0 Å². The van der Waals surface area contributed by atoms with Crippen molar-refractivity contribution >= 4 is 34.8 Å². The van der Waals surface area contributed by atoms with Crippen LogP contribution in [-0.2, 0) is 0 Å². The van der Waals surface area contributed by atoms with Gasteiger partial charge in [0.1, 0.15) is 17.5 Å². The summed E-state index contributed by atoms with van der Waals surface area (Å²) in [6, 6.07) is 9.61. The van der Waals surface area contributed by atoms with Crippen molar-refractivity contribution in [3.8, 4) is 0 Å². The van der Waals surface area contributed by atoms with Gasteiger partial charge in [0.05, 0.1) is 0 Å². The van der Waals surface area contributed by atoms with Crippen LogP contribution in [0, 0.1) is 0 Å². The highest BCUT2D eigenvalue weighted by Gasteiger charge is 2.18. The Morgan fingerprint density at radius 1 is 1.23 bits per heavy atom. The summed E-state index contributed by atoms with van der Waals surface area (Å²) in [6.07, 6.45) is 1.19. The first-order valence-electron chi connectivity index (χ1n) is 8.40. The summed E-state index contributed by atoms with van der Waals surface area (Å²) < 4.78 is 0. The third-order valence-corrected chi connectivity index (χ3v) is 4.53. The van der Waals surface area contributed by atoms with Gasteiger partial charge in [0.15, 0.2) is 5.16 Å². The summed E-state index contributed by atoms with van der Waals surface area (Å²) in [4.78, 5) is 12.5. The maximum Gasteiger partial charge on any atom is 0.196 e. The highest BCUT2D eigenvalue weighted by atomic mass is 32.2. The molecule has 0 unspecified atom stereocenters. The number of hydrogen-bond donors (Lipinski definition) is 3. The molecule has 1 aliphatic rings. The van der Waals surface area contributed by atoms with E-state index in [9.17, 15) is 0 Å². The predicted molar refractivity (Wildman–Crippen MR) is 109 cm³/mol. The van der Waals surface area contributed by atoms with E-state index in [1.54, 1.807) is 0 Å². The number of nitrogens with zero attached hydrogens (tertiary/aromatic N) is 4. The Morgan fingerprint density at radius 3 is 2.58 bits per heavy atom. The second-order valence-electron chi connectivity index (χ2n) is 6.18.